The van der Waals surface area contributed by atoms with E-state index in [0.717, 1.165) is 43.2 Å². The predicted octanol–water partition coefficient (Wildman–Crippen LogP) is 3.37. The van der Waals surface area contributed by atoms with Crippen LogP contribution in [0.3, 0.4) is 0 Å². The Labute approximate surface area is 195 Å². The molecule has 6 nitrogen and oxygen atoms in total. The molecule has 2 aromatic carbocycles. The standard InChI is InChI=1S/C27H33N3O3/c1-19(31)28-22-14-16-23(17-15-22)29-26(32)24-13-8-18-30(24)27(33)25(20-9-4-2-5-10-20)21-11-6-3-7-12-21/h2-7,9-12,22-25H,8,13-18H2,1H3,(H,28,31)(H,29,32)/t22?,23?,24-/m1/s1. The number of carbonyl (C=O) groups is 3. The molecule has 1 aliphatic carbocycles. The van der Waals surface area contributed by atoms with E-state index in [1.165, 1.54) is 6.92 Å². The number of nitrogens with zero attached hydrogens (tertiary/aromatic N) is 1. The topological polar surface area (TPSA) is 78.5 Å². The van der Waals surface area contributed by atoms with E-state index in [1.54, 1.807) is 4.90 Å². The summed E-state index contributed by atoms with van der Waals surface area (Å²) in [7, 11) is 0. The molecule has 1 saturated carbocycles. The van der Waals surface area contributed by atoms with Gasteiger partial charge in [0.1, 0.15) is 6.04 Å². The fraction of sp³-hybridized carbons (Fsp3) is 0.444. The minimum Gasteiger partial charge on any atom is -0.354 e. The van der Waals surface area contributed by atoms with Crippen molar-refractivity contribution >= 4 is 17.7 Å². The third kappa shape index (κ3) is 5.62. The highest BCUT2D eigenvalue weighted by molar-refractivity contribution is 5.93. The lowest BCUT2D eigenvalue weighted by atomic mass is 9.89. The summed E-state index contributed by atoms with van der Waals surface area (Å²) in [6.45, 7) is 2.14. The van der Waals surface area contributed by atoms with Gasteiger partial charge in [0.05, 0.1) is 5.92 Å². The van der Waals surface area contributed by atoms with Crippen molar-refractivity contribution in [3.05, 3.63) is 71.8 Å². The number of rotatable bonds is 6. The molecule has 2 fully saturated rings. The molecular weight excluding hydrogens is 414 g/mol. The van der Waals surface area contributed by atoms with Gasteiger partial charge in [-0.1, -0.05) is 60.7 Å². The van der Waals surface area contributed by atoms with Crippen LogP contribution in [0.1, 0.15) is 62.5 Å². The lowest BCUT2D eigenvalue weighted by Gasteiger charge is -2.32. The summed E-state index contributed by atoms with van der Waals surface area (Å²) in [4.78, 5) is 40.1. The summed E-state index contributed by atoms with van der Waals surface area (Å²) in [5.74, 6) is -0.494. The van der Waals surface area contributed by atoms with Gasteiger partial charge in [-0.3, -0.25) is 14.4 Å². The number of nitrogens with one attached hydrogen (secondary N) is 2. The van der Waals surface area contributed by atoms with Crippen molar-refractivity contribution in [1.82, 2.24) is 15.5 Å². The predicted molar refractivity (Wildman–Crippen MR) is 127 cm³/mol. The van der Waals surface area contributed by atoms with Crippen LogP contribution in [0.2, 0.25) is 0 Å². The molecule has 1 aliphatic heterocycles. The van der Waals surface area contributed by atoms with E-state index >= 15 is 0 Å². The summed E-state index contributed by atoms with van der Waals surface area (Å²) in [5, 5.41) is 6.16. The highest BCUT2D eigenvalue weighted by Gasteiger charge is 2.39. The molecule has 2 aliphatic rings. The molecule has 6 heteroatoms. The lowest BCUT2D eigenvalue weighted by molar-refractivity contribution is -0.139. The average molecular weight is 448 g/mol. The maximum absolute atomic E-state index is 13.8. The van der Waals surface area contributed by atoms with Gasteiger partial charge < -0.3 is 15.5 Å². The van der Waals surface area contributed by atoms with Crippen LogP contribution in [0.25, 0.3) is 0 Å². The Balaban J connectivity index is 1.45. The minimum atomic E-state index is -0.430. The van der Waals surface area contributed by atoms with Gasteiger partial charge in [-0.05, 0) is 49.7 Å². The zero-order valence-corrected chi connectivity index (χ0v) is 19.2. The number of hydrogen-bond acceptors (Lipinski definition) is 3. The monoisotopic (exact) mass is 447 g/mol. The third-order valence-electron chi connectivity index (χ3n) is 6.83. The van der Waals surface area contributed by atoms with Gasteiger partial charge in [-0.15, -0.1) is 0 Å². The third-order valence-corrected chi connectivity index (χ3v) is 6.83. The van der Waals surface area contributed by atoms with Crippen molar-refractivity contribution in [1.29, 1.82) is 0 Å². The van der Waals surface area contributed by atoms with Crippen molar-refractivity contribution in [3.63, 3.8) is 0 Å². The minimum absolute atomic E-state index is 0.00557. The molecule has 0 aromatic heterocycles. The van der Waals surface area contributed by atoms with E-state index in [2.05, 4.69) is 10.6 Å². The zero-order valence-electron chi connectivity index (χ0n) is 19.2. The van der Waals surface area contributed by atoms with E-state index in [9.17, 15) is 14.4 Å². The molecule has 174 valence electrons. The van der Waals surface area contributed by atoms with Gasteiger partial charge in [0.2, 0.25) is 17.7 Å². The van der Waals surface area contributed by atoms with Gasteiger partial charge in [-0.2, -0.15) is 0 Å². The second-order valence-corrected chi connectivity index (χ2v) is 9.20. The SMILES string of the molecule is CC(=O)NC1CCC(NC(=O)[C@H]2CCCN2C(=O)C(c2ccccc2)c2ccccc2)CC1. The van der Waals surface area contributed by atoms with E-state index in [1.807, 2.05) is 60.7 Å². The van der Waals surface area contributed by atoms with Crippen LogP contribution in [-0.4, -0.2) is 47.3 Å². The molecule has 0 unspecified atom stereocenters. The van der Waals surface area contributed by atoms with Crippen LogP contribution in [0.5, 0.6) is 0 Å². The second-order valence-electron chi connectivity index (χ2n) is 9.20. The molecule has 1 saturated heterocycles. The Morgan fingerprint density at radius 2 is 1.30 bits per heavy atom. The van der Waals surface area contributed by atoms with Crippen molar-refractivity contribution < 1.29 is 14.4 Å². The Hall–Kier alpha value is -3.15. The molecule has 2 aromatic rings. The smallest absolute Gasteiger partial charge is 0.243 e. The largest absolute Gasteiger partial charge is 0.354 e. The summed E-state index contributed by atoms with van der Waals surface area (Å²) in [6.07, 6.45) is 4.93. The highest BCUT2D eigenvalue weighted by atomic mass is 16.2. The van der Waals surface area contributed by atoms with Gasteiger partial charge in [0, 0.05) is 25.6 Å². The summed E-state index contributed by atoms with van der Waals surface area (Å²) in [5.41, 5.74) is 1.88. The Morgan fingerprint density at radius 1 is 0.788 bits per heavy atom. The lowest BCUT2D eigenvalue weighted by Crippen LogP contribution is -2.51. The molecule has 1 heterocycles. The van der Waals surface area contributed by atoms with Crippen LogP contribution >= 0.6 is 0 Å². The molecular formula is C27H33N3O3. The van der Waals surface area contributed by atoms with Crippen LogP contribution in [0, 0.1) is 0 Å². The van der Waals surface area contributed by atoms with Gasteiger partial charge >= 0.3 is 0 Å². The van der Waals surface area contributed by atoms with Gasteiger partial charge in [0.15, 0.2) is 0 Å². The number of likely N-dealkylation sites (tertiary alicyclic amines) is 1. The molecule has 0 radical (unpaired) electrons. The van der Waals surface area contributed by atoms with Gasteiger partial charge in [-0.25, -0.2) is 0 Å². The van der Waals surface area contributed by atoms with E-state index in [0.29, 0.717) is 13.0 Å². The van der Waals surface area contributed by atoms with Crippen molar-refractivity contribution in [2.75, 3.05) is 6.54 Å². The van der Waals surface area contributed by atoms with Crippen LogP contribution in [0.4, 0.5) is 0 Å². The maximum Gasteiger partial charge on any atom is 0.243 e. The fourth-order valence-electron chi connectivity index (χ4n) is 5.20. The van der Waals surface area contributed by atoms with Crippen LogP contribution in [-0.2, 0) is 14.4 Å². The molecule has 3 amide bonds. The van der Waals surface area contributed by atoms with Crippen molar-refractivity contribution in [3.8, 4) is 0 Å². The summed E-state index contributed by atoms with van der Waals surface area (Å²) in [6, 6.07) is 19.5. The molecule has 33 heavy (non-hydrogen) atoms. The molecule has 2 N–H and O–H groups in total. The first-order valence-electron chi connectivity index (χ1n) is 12.0. The number of amides is 3. The first kappa shape index (κ1) is 23.0. The van der Waals surface area contributed by atoms with Crippen LogP contribution in [0.15, 0.2) is 60.7 Å². The highest BCUT2D eigenvalue weighted by Crippen LogP contribution is 2.30. The molecule has 0 spiro atoms. The fourth-order valence-corrected chi connectivity index (χ4v) is 5.20. The second kappa shape index (κ2) is 10.6. The number of carbonyl (C=O) groups excluding carboxylic acids is 3. The zero-order chi connectivity index (χ0) is 23.2. The van der Waals surface area contributed by atoms with E-state index in [4.69, 9.17) is 0 Å². The Kier molecular flexibility index (Phi) is 7.43. The Bertz CT molecular complexity index is 916. The van der Waals surface area contributed by atoms with Crippen molar-refractivity contribution in [2.45, 2.75) is 69.5 Å². The normalized spacial score (nSPS) is 22.7. The van der Waals surface area contributed by atoms with E-state index < -0.39 is 12.0 Å². The van der Waals surface area contributed by atoms with Crippen molar-refractivity contribution in [2.24, 2.45) is 0 Å². The first-order chi connectivity index (χ1) is 16.0. The maximum atomic E-state index is 13.8. The number of hydrogen-bond donors (Lipinski definition) is 2. The molecule has 1 atom stereocenters. The average Bonchev–Trinajstić information content (AvgIpc) is 3.32. The summed E-state index contributed by atoms with van der Waals surface area (Å²) >= 11 is 0. The van der Waals surface area contributed by atoms with E-state index in [-0.39, 0.29) is 29.8 Å². The Morgan fingerprint density at radius 3 is 1.82 bits per heavy atom. The quantitative estimate of drug-likeness (QED) is 0.713. The number of benzene rings is 2. The first-order valence-corrected chi connectivity index (χ1v) is 12.0. The summed E-state index contributed by atoms with van der Waals surface area (Å²) < 4.78 is 0. The van der Waals surface area contributed by atoms with Crippen LogP contribution < -0.4 is 10.6 Å². The molecule has 4 rings (SSSR count). The molecule has 0 bridgehead atoms. The van der Waals surface area contributed by atoms with Gasteiger partial charge in [0.25, 0.3) is 0 Å².